The van der Waals surface area contributed by atoms with Crippen molar-refractivity contribution in [1.29, 1.82) is 0 Å². The minimum Gasteiger partial charge on any atom is -0.359 e. The van der Waals surface area contributed by atoms with E-state index in [-0.39, 0.29) is 5.91 Å². The Labute approximate surface area is 117 Å². The molecule has 2 aromatic rings. The summed E-state index contributed by atoms with van der Waals surface area (Å²) in [6.45, 7) is 6.26. The van der Waals surface area contributed by atoms with Crippen LogP contribution in [0.3, 0.4) is 0 Å². The monoisotopic (exact) mass is 277 g/mol. The van der Waals surface area contributed by atoms with E-state index in [4.69, 9.17) is 4.52 Å². The predicted octanol–water partition coefficient (Wildman–Crippen LogP) is 1.61. The zero-order chi connectivity index (χ0) is 14.7. The SMILES string of the molecule is CC(C)c1cc(CN(C)C(=O)C(C)n2cncn2)on1. The van der Waals surface area contributed by atoms with Gasteiger partial charge in [0.15, 0.2) is 5.76 Å². The van der Waals surface area contributed by atoms with Crippen molar-refractivity contribution in [2.75, 3.05) is 7.05 Å². The van der Waals surface area contributed by atoms with E-state index in [1.54, 1.807) is 18.9 Å². The molecule has 0 aliphatic carbocycles. The van der Waals surface area contributed by atoms with E-state index in [1.165, 1.54) is 17.3 Å². The van der Waals surface area contributed by atoms with Gasteiger partial charge in [-0.3, -0.25) is 4.79 Å². The fourth-order valence-electron chi connectivity index (χ4n) is 1.84. The Morgan fingerprint density at radius 3 is 2.75 bits per heavy atom. The molecule has 0 saturated carbocycles. The second kappa shape index (κ2) is 5.85. The minimum atomic E-state index is -0.394. The third kappa shape index (κ3) is 3.04. The number of hydrogen-bond donors (Lipinski definition) is 0. The fraction of sp³-hybridized carbons (Fsp3) is 0.538. The average molecular weight is 277 g/mol. The smallest absolute Gasteiger partial charge is 0.247 e. The first-order valence-corrected chi connectivity index (χ1v) is 6.53. The summed E-state index contributed by atoms with van der Waals surface area (Å²) in [6, 6.07) is 1.49. The quantitative estimate of drug-likeness (QED) is 0.829. The van der Waals surface area contributed by atoms with Crippen LogP contribution in [0.4, 0.5) is 0 Å². The van der Waals surface area contributed by atoms with Crippen LogP contribution < -0.4 is 0 Å². The number of amides is 1. The summed E-state index contributed by atoms with van der Waals surface area (Å²) in [4.78, 5) is 17.7. The highest BCUT2D eigenvalue weighted by Gasteiger charge is 2.21. The summed E-state index contributed by atoms with van der Waals surface area (Å²) >= 11 is 0. The number of carbonyl (C=O) groups excluding carboxylic acids is 1. The van der Waals surface area contributed by atoms with Gasteiger partial charge in [-0.15, -0.1) is 0 Å². The molecule has 2 rings (SSSR count). The van der Waals surface area contributed by atoms with E-state index in [9.17, 15) is 4.79 Å². The Balaban J connectivity index is 2.00. The molecule has 2 aromatic heterocycles. The molecule has 1 atom stereocenters. The molecule has 2 heterocycles. The maximum absolute atomic E-state index is 12.3. The molecule has 0 aliphatic heterocycles. The Bertz CT molecular complexity index is 561. The van der Waals surface area contributed by atoms with Crippen LogP contribution in [0.25, 0.3) is 0 Å². The molecular formula is C13H19N5O2. The van der Waals surface area contributed by atoms with Crippen molar-refractivity contribution in [2.24, 2.45) is 0 Å². The second-order valence-corrected chi connectivity index (χ2v) is 5.12. The van der Waals surface area contributed by atoms with Gasteiger partial charge in [-0.1, -0.05) is 19.0 Å². The Morgan fingerprint density at radius 1 is 1.45 bits per heavy atom. The predicted molar refractivity (Wildman–Crippen MR) is 71.8 cm³/mol. The number of hydrogen-bond acceptors (Lipinski definition) is 5. The Hall–Kier alpha value is -2.18. The van der Waals surface area contributed by atoms with Gasteiger partial charge >= 0.3 is 0 Å². The fourth-order valence-corrected chi connectivity index (χ4v) is 1.84. The van der Waals surface area contributed by atoms with Gasteiger partial charge in [0.1, 0.15) is 18.7 Å². The Kier molecular flexibility index (Phi) is 4.16. The van der Waals surface area contributed by atoms with Crippen molar-refractivity contribution >= 4 is 5.91 Å². The van der Waals surface area contributed by atoms with Crippen molar-refractivity contribution in [3.8, 4) is 0 Å². The third-order valence-electron chi connectivity index (χ3n) is 3.13. The normalized spacial score (nSPS) is 12.7. The van der Waals surface area contributed by atoms with Crippen LogP contribution in [0, 0.1) is 0 Å². The van der Waals surface area contributed by atoms with Gasteiger partial charge in [0.25, 0.3) is 0 Å². The highest BCUT2D eigenvalue weighted by atomic mass is 16.5. The molecule has 1 amide bonds. The van der Waals surface area contributed by atoms with Gasteiger partial charge in [-0.25, -0.2) is 9.67 Å². The first-order chi connectivity index (χ1) is 9.49. The average Bonchev–Trinajstić information content (AvgIpc) is 3.07. The molecule has 0 radical (unpaired) electrons. The zero-order valence-corrected chi connectivity index (χ0v) is 12.1. The lowest BCUT2D eigenvalue weighted by Gasteiger charge is -2.19. The van der Waals surface area contributed by atoms with E-state index >= 15 is 0 Å². The molecule has 0 saturated heterocycles. The summed E-state index contributed by atoms with van der Waals surface area (Å²) in [6.07, 6.45) is 2.94. The van der Waals surface area contributed by atoms with E-state index in [2.05, 4.69) is 15.2 Å². The molecule has 7 nitrogen and oxygen atoms in total. The summed E-state index contributed by atoms with van der Waals surface area (Å²) in [7, 11) is 1.73. The first-order valence-electron chi connectivity index (χ1n) is 6.53. The summed E-state index contributed by atoms with van der Waals surface area (Å²) in [5.41, 5.74) is 0.894. The van der Waals surface area contributed by atoms with Gasteiger partial charge < -0.3 is 9.42 Å². The molecule has 0 aliphatic rings. The summed E-state index contributed by atoms with van der Waals surface area (Å²) in [5.74, 6) is 0.927. The van der Waals surface area contributed by atoms with Gasteiger partial charge in [0, 0.05) is 13.1 Å². The third-order valence-corrected chi connectivity index (χ3v) is 3.13. The molecule has 0 aromatic carbocycles. The van der Waals surface area contributed by atoms with Crippen molar-refractivity contribution in [2.45, 2.75) is 39.3 Å². The summed E-state index contributed by atoms with van der Waals surface area (Å²) < 4.78 is 6.77. The largest absolute Gasteiger partial charge is 0.359 e. The molecule has 108 valence electrons. The second-order valence-electron chi connectivity index (χ2n) is 5.12. The number of aromatic nitrogens is 4. The molecular weight excluding hydrogens is 258 g/mol. The molecule has 0 bridgehead atoms. The Morgan fingerprint density at radius 2 is 2.20 bits per heavy atom. The molecule has 1 unspecified atom stereocenters. The van der Waals surface area contributed by atoms with Crippen LogP contribution in [0.2, 0.25) is 0 Å². The van der Waals surface area contributed by atoms with Crippen molar-refractivity contribution < 1.29 is 9.32 Å². The molecule has 0 N–H and O–H groups in total. The van der Waals surface area contributed by atoms with Gasteiger partial charge in [-0.2, -0.15) is 5.10 Å². The number of carbonyl (C=O) groups is 1. The number of rotatable bonds is 5. The van der Waals surface area contributed by atoms with E-state index in [1.807, 2.05) is 19.9 Å². The van der Waals surface area contributed by atoms with Crippen molar-refractivity contribution in [1.82, 2.24) is 24.8 Å². The lowest BCUT2D eigenvalue weighted by Crippen LogP contribution is -2.32. The minimum absolute atomic E-state index is 0.0574. The van der Waals surface area contributed by atoms with Crippen LogP contribution in [-0.4, -0.2) is 37.8 Å². The van der Waals surface area contributed by atoms with E-state index in [0.29, 0.717) is 18.2 Å². The van der Waals surface area contributed by atoms with E-state index < -0.39 is 6.04 Å². The van der Waals surface area contributed by atoms with Gasteiger partial charge in [0.05, 0.1) is 12.2 Å². The first kappa shape index (κ1) is 14.2. The van der Waals surface area contributed by atoms with Crippen molar-refractivity contribution in [3.05, 3.63) is 30.2 Å². The van der Waals surface area contributed by atoms with Crippen molar-refractivity contribution in [3.63, 3.8) is 0 Å². The van der Waals surface area contributed by atoms with Crippen LogP contribution >= 0.6 is 0 Å². The maximum atomic E-state index is 12.3. The van der Waals surface area contributed by atoms with E-state index in [0.717, 1.165) is 5.69 Å². The maximum Gasteiger partial charge on any atom is 0.247 e. The lowest BCUT2D eigenvalue weighted by atomic mass is 10.1. The molecule has 0 fully saturated rings. The molecule has 0 spiro atoms. The standard InChI is InChI=1S/C13H19N5O2/c1-9(2)12-5-11(20-16-12)6-17(4)13(19)10(3)18-8-14-7-15-18/h5,7-10H,6H2,1-4H3. The van der Waals surface area contributed by atoms with Crippen LogP contribution in [0.15, 0.2) is 23.2 Å². The highest BCUT2D eigenvalue weighted by Crippen LogP contribution is 2.16. The zero-order valence-electron chi connectivity index (χ0n) is 12.1. The number of likely N-dealkylation sites (N-methyl/N-ethyl adjacent to an activating group) is 1. The van der Waals surface area contributed by atoms with Crippen LogP contribution in [0.5, 0.6) is 0 Å². The van der Waals surface area contributed by atoms with Gasteiger partial charge in [-0.05, 0) is 12.8 Å². The molecule has 7 heteroatoms. The van der Waals surface area contributed by atoms with Gasteiger partial charge in [0.2, 0.25) is 5.91 Å². The number of nitrogens with zero attached hydrogens (tertiary/aromatic N) is 5. The molecule has 20 heavy (non-hydrogen) atoms. The highest BCUT2D eigenvalue weighted by molar-refractivity contribution is 5.79. The van der Waals surface area contributed by atoms with Crippen LogP contribution in [0.1, 0.15) is 44.2 Å². The lowest BCUT2D eigenvalue weighted by molar-refractivity contribution is -0.134. The summed E-state index contributed by atoms with van der Waals surface area (Å²) in [5, 5.41) is 7.96. The van der Waals surface area contributed by atoms with Crippen LogP contribution in [-0.2, 0) is 11.3 Å². The topological polar surface area (TPSA) is 77.0 Å².